The second kappa shape index (κ2) is 5.82. The van der Waals surface area contributed by atoms with Gasteiger partial charge in [-0.3, -0.25) is 4.79 Å². The molecule has 0 aromatic carbocycles. The molecular formula is C21H32N2O3. The summed E-state index contributed by atoms with van der Waals surface area (Å²) in [7, 11) is 0. The summed E-state index contributed by atoms with van der Waals surface area (Å²) >= 11 is 0. The van der Waals surface area contributed by atoms with Gasteiger partial charge in [0, 0.05) is 41.8 Å². The number of carbonyl (C=O) groups is 1. The average Bonchev–Trinajstić information content (AvgIpc) is 3.00. The SMILES string of the molecule is CC1(O)CC(C(=O)N2CC3(CCC(c4cc(C(C)(C)C)no4)CC3)C2)C1. The van der Waals surface area contributed by atoms with Gasteiger partial charge in [-0.2, -0.15) is 0 Å². The fourth-order valence-electron chi connectivity index (χ4n) is 5.02. The molecule has 5 nitrogen and oxygen atoms in total. The van der Waals surface area contributed by atoms with E-state index in [1.165, 1.54) is 0 Å². The third-order valence-corrected chi connectivity index (χ3v) is 6.83. The van der Waals surface area contributed by atoms with Crippen LogP contribution in [-0.2, 0) is 10.2 Å². The number of rotatable bonds is 2. The van der Waals surface area contributed by atoms with Crippen molar-refractivity contribution in [2.75, 3.05) is 13.1 Å². The van der Waals surface area contributed by atoms with Gasteiger partial charge >= 0.3 is 0 Å². The summed E-state index contributed by atoms with van der Waals surface area (Å²) in [4.78, 5) is 14.5. The molecule has 2 saturated carbocycles. The summed E-state index contributed by atoms with van der Waals surface area (Å²) in [6.45, 7) is 10.1. The largest absolute Gasteiger partial charge is 0.390 e. The van der Waals surface area contributed by atoms with Crippen LogP contribution in [0.1, 0.15) is 83.6 Å². The van der Waals surface area contributed by atoms with Crippen LogP contribution in [0, 0.1) is 11.3 Å². The summed E-state index contributed by atoms with van der Waals surface area (Å²) in [5.41, 5.74) is 0.762. The van der Waals surface area contributed by atoms with Crippen molar-refractivity contribution in [1.29, 1.82) is 0 Å². The van der Waals surface area contributed by atoms with Crippen molar-refractivity contribution >= 4 is 5.91 Å². The number of likely N-dealkylation sites (tertiary alicyclic amines) is 1. The Kier molecular flexibility index (Phi) is 4.03. The van der Waals surface area contributed by atoms with Crippen LogP contribution in [0.2, 0.25) is 0 Å². The van der Waals surface area contributed by atoms with E-state index in [1.807, 2.05) is 11.8 Å². The Labute approximate surface area is 156 Å². The molecule has 0 unspecified atom stereocenters. The summed E-state index contributed by atoms with van der Waals surface area (Å²) in [6, 6.07) is 2.14. The van der Waals surface area contributed by atoms with Crippen molar-refractivity contribution in [1.82, 2.24) is 10.1 Å². The topological polar surface area (TPSA) is 66.6 Å². The predicted molar refractivity (Wildman–Crippen MR) is 98.8 cm³/mol. The Morgan fingerprint density at radius 1 is 1.27 bits per heavy atom. The lowest BCUT2D eigenvalue weighted by atomic mass is 9.64. The van der Waals surface area contributed by atoms with E-state index in [2.05, 4.69) is 32.0 Å². The van der Waals surface area contributed by atoms with E-state index in [9.17, 15) is 9.90 Å². The molecule has 1 N–H and O–H groups in total. The van der Waals surface area contributed by atoms with Gasteiger partial charge in [-0.05, 0) is 45.4 Å². The molecule has 0 bridgehead atoms. The van der Waals surface area contributed by atoms with Crippen LogP contribution in [0.5, 0.6) is 0 Å². The van der Waals surface area contributed by atoms with Crippen LogP contribution in [0.25, 0.3) is 0 Å². The van der Waals surface area contributed by atoms with Gasteiger partial charge in [-0.1, -0.05) is 25.9 Å². The lowest BCUT2D eigenvalue weighted by Gasteiger charge is -2.55. The van der Waals surface area contributed by atoms with Crippen LogP contribution in [0.3, 0.4) is 0 Å². The Morgan fingerprint density at radius 2 is 1.88 bits per heavy atom. The molecule has 2 heterocycles. The number of carbonyl (C=O) groups excluding carboxylic acids is 1. The third-order valence-electron chi connectivity index (χ3n) is 6.83. The zero-order valence-corrected chi connectivity index (χ0v) is 16.5. The molecule has 1 aromatic rings. The molecule has 26 heavy (non-hydrogen) atoms. The maximum absolute atomic E-state index is 12.5. The standard InChI is InChI=1S/C21H32N2O3/c1-19(2,3)17-9-16(26-22-17)14-5-7-21(8-6-14)12-23(13-21)18(24)15-10-20(4,25)11-15/h9,14-15,25H,5-8,10-13H2,1-4H3. The van der Waals surface area contributed by atoms with Gasteiger partial charge in [0.1, 0.15) is 5.76 Å². The molecule has 4 rings (SSSR count). The summed E-state index contributed by atoms with van der Waals surface area (Å²) in [6.07, 6.45) is 5.82. The van der Waals surface area contributed by atoms with Crippen LogP contribution in [-0.4, -0.2) is 39.8 Å². The molecule has 1 saturated heterocycles. The number of nitrogens with zero attached hydrogens (tertiary/aromatic N) is 2. The molecule has 2 aliphatic carbocycles. The highest BCUT2D eigenvalue weighted by atomic mass is 16.5. The molecule has 0 atom stereocenters. The van der Waals surface area contributed by atoms with Crippen LogP contribution >= 0.6 is 0 Å². The molecule has 3 aliphatic rings. The van der Waals surface area contributed by atoms with Crippen molar-refractivity contribution in [2.24, 2.45) is 11.3 Å². The van der Waals surface area contributed by atoms with Gasteiger partial charge in [-0.25, -0.2) is 0 Å². The van der Waals surface area contributed by atoms with E-state index in [0.29, 0.717) is 24.2 Å². The van der Waals surface area contributed by atoms with Gasteiger partial charge in [-0.15, -0.1) is 0 Å². The van der Waals surface area contributed by atoms with Crippen molar-refractivity contribution < 1.29 is 14.4 Å². The Balaban J connectivity index is 1.28. The fraction of sp³-hybridized carbons (Fsp3) is 0.810. The first kappa shape index (κ1) is 18.0. The quantitative estimate of drug-likeness (QED) is 0.875. The van der Waals surface area contributed by atoms with Gasteiger partial charge in [0.15, 0.2) is 0 Å². The summed E-state index contributed by atoms with van der Waals surface area (Å²) in [5, 5.41) is 14.1. The van der Waals surface area contributed by atoms with Gasteiger partial charge < -0.3 is 14.5 Å². The molecule has 1 spiro atoms. The third kappa shape index (κ3) is 3.19. The smallest absolute Gasteiger partial charge is 0.225 e. The fourth-order valence-corrected chi connectivity index (χ4v) is 5.02. The van der Waals surface area contributed by atoms with Crippen molar-refractivity contribution in [2.45, 2.75) is 83.2 Å². The second-order valence-electron chi connectivity index (χ2n) is 10.4. The molecule has 1 aromatic heterocycles. The first-order valence-electron chi connectivity index (χ1n) is 10.1. The first-order valence-corrected chi connectivity index (χ1v) is 10.1. The lowest BCUT2D eigenvalue weighted by Crippen LogP contribution is -2.62. The van der Waals surface area contributed by atoms with Crippen molar-refractivity contribution in [3.8, 4) is 0 Å². The monoisotopic (exact) mass is 360 g/mol. The lowest BCUT2D eigenvalue weighted by molar-refractivity contribution is -0.163. The van der Waals surface area contributed by atoms with Crippen LogP contribution in [0.15, 0.2) is 10.6 Å². The van der Waals surface area contributed by atoms with E-state index >= 15 is 0 Å². The molecule has 5 heteroatoms. The number of aliphatic hydroxyl groups is 1. The highest BCUT2D eigenvalue weighted by Crippen LogP contribution is 2.50. The van der Waals surface area contributed by atoms with Gasteiger partial charge in [0.05, 0.1) is 11.3 Å². The van der Waals surface area contributed by atoms with E-state index in [1.54, 1.807) is 0 Å². The molecule has 144 valence electrons. The summed E-state index contributed by atoms with van der Waals surface area (Å²) in [5.74, 6) is 1.81. The average molecular weight is 360 g/mol. The zero-order valence-electron chi connectivity index (χ0n) is 16.5. The number of hydrogen-bond acceptors (Lipinski definition) is 4. The normalized spacial score (nSPS) is 31.6. The second-order valence-corrected chi connectivity index (χ2v) is 10.4. The predicted octanol–water partition coefficient (Wildman–Crippen LogP) is 3.62. The number of aromatic nitrogens is 1. The minimum absolute atomic E-state index is 0.0264. The van der Waals surface area contributed by atoms with E-state index in [0.717, 1.165) is 50.2 Å². The van der Waals surface area contributed by atoms with Crippen molar-refractivity contribution in [3.63, 3.8) is 0 Å². The first-order chi connectivity index (χ1) is 12.1. The van der Waals surface area contributed by atoms with Crippen molar-refractivity contribution in [3.05, 3.63) is 17.5 Å². The number of amides is 1. The van der Waals surface area contributed by atoms with Gasteiger partial charge in [0.2, 0.25) is 5.91 Å². The minimum Gasteiger partial charge on any atom is -0.390 e. The Hall–Kier alpha value is -1.36. The van der Waals surface area contributed by atoms with Crippen LogP contribution in [0.4, 0.5) is 0 Å². The zero-order chi connectivity index (χ0) is 18.7. The minimum atomic E-state index is -0.621. The maximum atomic E-state index is 12.5. The molecular weight excluding hydrogens is 328 g/mol. The highest BCUT2D eigenvalue weighted by molar-refractivity contribution is 5.81. The Morgan fingerprint density at radius 3 is 2.38 bits per heavy atom. The van der Waals surface area contributed by atoms with E-state index in [-0.39, 0.29) is 17.2 Å². The van der Waals surface area contributed by atoms with E-state index < -0.39 is 5.60 Å². The van der Waals surface area contributed by atoms with Gasteiger partial charge in [0.25, 0.3) is 0 Å². The molecule has 1 amide bonds. The van der Waals surface area contributed by atoms with Crippen LogP contribution < -0.4 is 0 Å². The Bertz CT molecular complexity index is 676. The highest BCUT2D eigenvalue weighted by Gasteiger charge is 2.51. The number of hydrogen-bond donors (Lipinski definition) is 1. The molecule has 0 radical (unpaired) electrons. The molecule has 3 fully saturated rings. The van der Waals surface area contributed by atoms with E-state index in [4.69, 9.17) is 4.52 Å². The molecule has 1 aliphatic heterocycles. The maximum Gasteiger partial charge on any atom is 0.225 e. The summed E-state index contributed by atoms with van der Waals surface area (Å²) < 4.78 is 5.64.